The smallest absolute Gasteiger partial charge is 0.256 e. The minimum absolute atomic E-state index is 0.0682. The predicted octanol–water partition coefficient (Wildman–Crippen LogP) is 3.45. The molecule has 2 aromatic heterocycles. The van der Waals surface area contributed by atoms with Gasteiger partial charge in [0.15, 0.2) is 17.1 Å². The van der Waals surface area contributed by atoms with Crippen LogP contribution in [0.4, 0.5) is 17.3 Å². The lowest BCUT2D eigenvalue weighted by Crippen LogP contribution is -2.33. The Morgan fingerprint density at radius 2 is 2.16 bits per heavy atom. The highest BCUT2D eigenvalue weighted by Crippen LogP contribution is 2.38. The molecule has 9 nitrogen and oxygen atoms in total. The first-order valence-electron chi connectivity index (χ1n) is 11.7. The summed E-state index contributed by atoms with van der Waals surface area (Å²) in [4.78, 5) is 17.5. The zero-order valence-electron chi connectivity index (χ0n) is 20.8. The fourth-order valence-electron chi connectivity index (χ4n) is 3.13. The van der Waals surface area contributed by atoms with Gasteiger partial charge in [-0.25, -0.2) is 4.98 Å². The Hall–Kier alpha value is -3.49. The van der Waals surface area contributed by atoms with Gasteiger partial charge in [0.05, 0.1) is 11.9 Å². The molecule has 0 spiro atoms. The highest BCUT2D eigenvalue weighted by Gasteiger charge is 2.21. The number of para-hydroxylation sites is 1. The molecule has 3 heterocycles. The van der Waals surface area contributed by atoms with Gasteiger partial charge in [-0.3, -0.25) is 4.79 Å². The molecule has 31 heavy (non-hydrogen) atoms. The maximum atomic E-state index is 12.9. The number of nitrogens with one attached hydrogen (secondary N) is 3. The van der Waals surface area contributed by atoms with E-state index in [0.717, 1.165) is 6.42 Å². The van der Waals surface area contributed by atoms with Crippen molar-refractivity contribution in [2.24, 2.45) is 5.41 Å². The highest BCUT2D eigenvalue weighted by molar-refractivity contribution is 6.00. The Kier molecular flexibility index (Phi) is 4.63. The fraction of sp³-hybridized carbons (Fsp3) is 0.409. The van der Waals surface area contributed by atoms with Crippen LogP contribution in [0.5, 0.6) is 11.5 Å². The predicted molar refractivity (Wildman–Crippen MR) is 120 cm³/mol. The normalized spacial score (nSPS) is 15.0. The first-order valence-corrected chi connectivity index (χ1v) is 10.2. The van der Waals surface area contributed by atoms with Gasteiger partial charge in [-0.2, -0.15) is 9.61 Å². The topological polar surface area (TPSA) is 102 Å². The Labute approximate surface area is 185 Å². The van der Waals surface area contributed by atoms with Crippen molar-refractivity contribution in [3.05, 3.63) is 36.0 Å². The molecule has 1 amide bonds. The molecule has 4 rings (SSSR count). The molecule has 1 aromatic carbocycles. The number of nitrogens with zero attached hydrogens (tertiary/aromatic N) is 3. The zero-order valence-corrected chi connectivity index (χ0v) is 17.8. The van der Waals surface area contributed by atoms with E-state index in [1.54, 1.807) is 12.1 Å². The van der Waals surface area contributed by atoms with Crippen molar-refractivity contribution in [3.8, 4) is 11.5 Å². The molecule has 3 aromatic rings. The second-order valence-corrected chi connectivity index (χ2v) is 8.10. The number of fused-ring (bicyclic) bond motifs is 2. The van der Waals surface area contributed by atoms with Crippen LogP contribution in [0.3, 0.4) is 0 Å². The van der Waals surface area contributed by atoms with E-state index in [4.69, 9.17) is 13.6 Å². The van der Waals surface area contributed by atoms with Crippen molar-refractivity contribution in [3.63, 3.8) is 0 Å². The molecule has 164 valence electrons. The van der Waals surface area contributed by atoms with Crippen LogP contribution in [0.2, 0.25) is 0 Å². The number of aromatic nitrogens is 3. The standard InChI is InChI=1S/C22H28N6O3/c1-5-22(2,3)13-24-21(29)14-12-25-28-18(23-4)11-17(27-20(14)28)26-15-7-6-8-16-19(15)31-10-9-30-16/h6-8,11-12,23H,5,9-10,13H2,1-4H3,(H,24,29)(H,26,27)/i4D3. The van der Waals surface area contributed by atoms with Crippen molar-refractivity contribution < 1.29 is 18.4 Å². The third-order valence-electron chi connectivity index (χ3n) is 5.36. The third-order valence-corrected chi connectivity index (χ3v) is 5.36. The number of hydrogen-bond donors (Lipinski definition) is 3. The summed E-state index contributed by atoms with van der Waals surface area (Å²) in [5.74, 6) is 1.26. The molecule has 1 aliphatic heterocycles. The van der Waals surface area contributed by atoms with Gasteiger partial charge in [0, 0.05) is 23.7 Å². The molecule has 0 aliphatic carbocycles. The van der Waals surface area contributed by atoms with Gasteiger partial charge in [-0.05, 0) is 24.0 Å². The second-order valence-electron chi connectivity index (χ2n) is 8.10. The van der Waals surface area contributed by atoms with Gasteiger partial charge in [0.1, 0.15) is 30.4 Å². The van der Waals surface area contributed by atoms with E-state index in [-0.39, 0.29) is 28.4 Å². The van der Waals surface area contributed by atoms with Crippen LogP contribution in [0.1, 0.15) is 41.7 Å². The minimum Gasteiger partial charge on any atom is -0.486 e. The van der Waals surface area contributed by atoms with Gasteiger partial charge in [-0.15, -0.1) is 0 Å². The first kappa shape index (κ1) is 17.2. The molecular formula is C22H28N6O3. The van der Waals surface area contributed by atoms with Gasteiger partial charge < -0.3 is 25.4 Å². The van der Waals surface area contributed by atoms with E-state index in [9.17, 15) is 4.79 Å². The van der Waals surface area contributed by atoms with Crippen LogP contribution in [0, 0.1) is 5.41 Å². The first-order chi connectivity index (χ1) is 16.1. The Balaban J connectivity index is 1.73. The van der Waals surface area contributed by atoms with Crippen LogP contribution in [-0.2, 0) is 0 Å². The summed E-state index contributed by atoms with van der Waals surface area (Å²) in [6, 6.07) is 6.92. The van der Waals surface area contributed by atoms with Gasteiger partial charge >= 0.3 is 0 Å². The number of carbonyl (C=O) groups is 1. The van der Waals surface area contributed by atoms with Crippen LogP contribution in [0.15, 0.2) is 30.5 Å². The van der Waals surface area contributed by atoms with Crippen molar-refractivity contribution in [1.82, 2.24) is 19.9 Å². The average molecular weight is 428 g/mol. The minimum atomic E-state index is -2.48. The van der Waals surface area contributed by atoms with E-state index in [2.05, 4.69) is 46.8 Å². The maximum absolute atomic E-state index is 12.9. The molecule has 1 aliphatic rings. The zero-order chi connectivity index (χ0) is 24.5. The van der Waals surface area contributed by atoms with E-state index in [0.29, 0.717) is 42.8 Å². The lowest BCUT2D eigenvalue weighted by molar-refractivity contribution is 0.0937. The number of benzene rings is 1. The summed E-state index contributed by atoms with van der Waals surface area (Å²) in [7, 11) is 0. The summed E-state index contributed by atoms with van der Waals surface area (Å²) in [6.07, 6.45) is 2.28. The molecule has 0 saturated heterocycles. The van der Waals surface area contributed by atoms with E-state index < -0.39 is 6.98 Å². The van der Waals surface area contributed by atoms with Gasteiger partial charge in [0.2, 0.25) is 0 Å². The average Bonchev–Trinajstić information content (AvgIpc) is 3.21. The van der Waals surface area contributed by atoms with Crippen molar-refractivity contribution in [1.29, 1.82) is 0 Å². The largest absolute Gasteiger partial charge is 0.486 e. The van der Waals surface area contributed by atoms with E-state index >= 15 is 0 Å². The molecule has 0 bridgehead atoms. The van der Waals surface area contributed by atoms with Crippen LogP contribution < -0.4 is 25.4 Å². The SMILES string of the molecule is [2H]C([2H])([2H])Nc1cc(Nc2cccc3c2OCCO3)nc2c(C(=O)NCC(C)(C)CC)cnn12. The molecule has 3 N–H and O–H groups in total. The van der Waals surface area contributed by atoms with Crippen LogP contribution >= 0.6 is 0 Å². The quantitative estimate of drug-likeness (QED) is 0.531. The number of ether oxygens (including phenoxy) is 2. The van der Waals surface area contributed by atoms with E-state index in [1.165, 1.54) is 16.8 Å². The van der Waals surface area contributed by atoms with Crippen molar-refractivity contribution >= 4 is 28.9 Å². The summed E-state index contributed by atoms with van der Waals surface area (Å²) in [5.41, 5.74) is 0.981. The van der Waals surface area contributed by atoms with E-state index in [1.807, 2.05) is 6.07 Å². The molecule has 0 radical (unpaired) electrons. The van der Waals surface area contributed by atoms with Gasteiger partial charge in [0.25, 0.3) is 5.91 Å². The van der Waals surface area contributed by atoms with Crippen LogP contribution in [0.25, 0.3) is 5.65 Å². The molecule has 0 atom stereocenters. The van der Waals surface area contributed by atoms with Crippen molar-refractivity contribution in [2.75, 3.05) is 37.4 Å². The number of hydrogen-bond acceptors (Lipinski definition) is 7. The van der Waals surface area contributed by atoms with Crippen molar-refractivity contribution in [2.45, 2.75) is 27.2 Å². The summed E-state index contributed by atoms with van der Waals surface area (Å²) in [6.45, 7) is 5.05. The highest BCUT2D eigenvalue weighted by atomic mass is 16.6. The molecule has 0 fully saturated rings. The second kappa shape index (κ2) is 8.33. The summed E-state index contributed by atoms with van der Waals surface area (Å²) in [5, 5.41) is 12.8. The lowest BCUT2D eigenvalue weighted by atomic mass is 9.90. The fourth-order valence-corrected chi connectivity index (χ4v) is 3.13. The monoisotopic (exact) mass is 427 g/mol. The summed E-state index contributed by atoms with van der Waals surface area (Å²) < 4.78 is 35.6. The summed E-state index contributed by atoms with van der Waals surface area (Å²) >= 11 is 0. The van der Waals surface area contributed by atoms with Gasteiger partial charge in [-0.1, -0.05) is 26.8 Å². The number of rotatable bonds is 7. The number of anilines is 3. The molecule has 0 unspecified atom stereocenters. The number of amides is 1. The number of carbonyl (C=O) groups excluding carboxylic acids is 1. The molecule has 9 heteroatoms. The maximum Gasteiger partial charge on any atom is 0.256 e. The Bertz CT molecular complexity index is 1210. The Morgan fingerprint density at radius 1 is 1.32 bits per heavy atom. The third kappa shape index (κ3) is 4.21. The van der Waals surface area contributed by atoms with Crippen LogP contribution in [-0.4, -0.2) is 47.2 Å². The Morgan fingerprint density at radius 3 is 2.97 bits per heavy atom. The lowest BCUT2D eigenvalue weighted by Gasteiger charge is -2.22. The molecular weight excluding hydrogens is 396 g/mol. The molecule has 0 saturated carbocycles.